The van der Waals surface area contributed by atoms with Gasteiger partial charge in [0.25, 0.3) is 5.56 Å². The number of hydrogen-bond acceptors (Lipinski definition) is 5. The molecule has 3 N–H and O–H groups in total. The van der Waals surface area contributed by atoms with Crippen LogP contribution >= 0.6 is 22.6 Å². The standard InChI is InChI=1S/C14H11IN4O2/c15-9-3-7(6-16)4-10(17)13(9)21-12-5-11(20)18-14(19-12)8-1-2-8/h3-5,8H,1-2,17H2,(H,18,19,20). The van der Waals surface area contributed by atoms with Gasteiger partial charge < -0.3 is 15.5 Å². The molecule has 7 heteroatoms. The van der Waals surface area contributed by atoms with Gasteiger partial charge in [0.2, 0.25) is 5.88 Å². The number of H-pyrrole nitrogens is 1. The van der Waals surface area contributed by atoms with Gasteiger partial charge in [0.15, 0.2) is 5.75 Å². The molecule has 0 atom stereocenters. The maximum atomic E-state index is 11.7. The molecule has 1 fully saturated rings. The predicted molar refractivity (Wildman–Crippen MR) is 85.2 cm³/mol. The van der Waals surface area contributed by atoms with Gasteiger partial charge >= 0.3 is 0 Å². The Morgan fingerprint density at radius 3 is 2.81 bits per heavy atom. The molecule has 0 unspecified atom stereocenters. The van der Waals surface area contributed by atoms with Crippen molar-refractivity contribution in [2.24, 2.45) is 0 Å². The van der Waals surface area contributed by atoms with Gasteiger partial charge in [-0.05, 0) is 47.6 Å². The summed E-state index contributed by atoms with van der Waals surface area (Å²) in [4.78, 5) is 18.7. The first-order chi connectivity index (χ1) is 10.1. The van der Waals surface area contributed by atoms with Crippen molar-refractivity contribution < 1.29 is 4.74 Å². The fourth-order valence-electron chi connectivity index (χ4n) is 1.95. The third kappa shape index (κ3) is 3.00. The van der Waals surface area contributed by atoms with Gasteiger partial charge in [-0.3, -0.25) is 4.79 Å². The molecule has 21 heavy (non-hydrogen) atoms. The van der Waals surface area contributed by atoms with Crippen LogP contribution < -0.4 is 16.0 Å². The van der Waals surface area contributed by atoms with Crippen molar-refractivity contribution in [3.05, 3.63) is 43.5 Å². The Hall–Kier alpha value is -2.08. The zero-order chi connectivity index (χ0) is 15.0. The van der Waals surface area contributed by atoms with Crippen molar-refractivity contribution >= 4 is 28.3 Å². The van der Waals surface area contributed by atoms with E-state index in [-0.39, 0.29) is 11.4 Å². The molecule has 1 aromatic heterocycles. The summed E-state index contributed by atoms with van der Waals surface area (Å²) in [5.74, 6) is 1.60. The number of aromatic nitrogens is 2. The van der Waals surface area contributed by atoms with Crippen molar-refractivity contribution in [3.8, 4) is 17.7 Å². The van der Waals surface area contributed by atoms with Crippen LogP contribution in [0.15, 0.2) is 23.0 Å². The van der Waals surface area contributed by atoms with Gasteiger partial charge in [0.05, 0.1) is 27.0 Å². The minimum atomic E-state index is -0.246. The lowest BCUT2D eigenvalue weighted by Gasteiger charge is -2.10. The minimum absolute atomic E-state index is 0.218. The summed E-state index contributed by atoms with van der Waals surface area (Å²) >= 11 is 2.04. The first kappa shape index (κ1) is 13.9. The van der Waals surface area contributed by atoms with Crippen LogP contribution in [0.5, 0.6) is 11.6 Å². The van der Waals surface area contributed by atoms with E-state index in [1.54, 1.807) is 6.07 Å². The highest BCUT2D eigenvalue weighted by molar-refractivity contribution is 14.1. The van der Waals surface area contributed by atoms with Crippen LogP contribution in [0.3, 0.4) is 0 Å². The molecule has 1 heterocycles. The topological polar surface area (TPSA) is 105 Å². The van der Waals surface area contributed by atoms with E-state index in [0.717, 1.165) is 12.8 Å². The summed E-state index contributed by atoms with van der Waals surface area (Å²) in [5.41, 5.74) is 6.45. The second-order valence-electron chi connectivity index (χ2n) is 4.83. The van der Waals surface area contributed by atoms with Gasteiger partial charge in [-0.25, -0.2) is 0 Å². The lowest BCUT2D eigenvalue weighted by Crippen LogP contribution is -2.10. The van der Waals surface area contributed by atoms with E-state index in [4.69, 9.17) is 15.7 Å². The average molecular weight is 394 g/mol. The number of rotatable bonds is 3. The number of halogens is 1. The third-order valence-corrected chi connectivity index (χ3v) is 3.91. The summed E-state index contributed by atoms with van der Waals surface area (Å²) in [7, 11) is 0. The third-order valence-electron chi connectivity index (χ3n) is 3.11. The number of nitrogens with two attached hydrogens (primary N) is 1. The SMILES string of the molecule is N#Cc1cc(N)c(Oc2cc(=O)[nH]c(C3CC3)n2)c(I)c1. The van der Waals surface area contributed by atoms with Crippen molar-refractivity contribution in [3.63, 3.8) is 0 Å². The Kier molecular flexibility index (Phi) is 3.55. The van der Waals surface area contributed by atoms with Crippen molar-refractivity contribution in [1.29, 1.82) is 5.26 Å². The molecular formula is C14H11IN4O2. The van der Waals surface area contributed by atoms with Gasteiger partial charge in [0.1, 0.15) is 5.82 Å². The normalized spacial score (nSPS) is 13.7. The number of anilines is 1. The Bertz CT molecular complexity index is 782. The summed E-state index contributed by atoms with van der Waals surface area (Å²) in [6, 6.07) is 6.52. The molecule has 1 aromatic carbocycles. The first-order valence-electron chi connectivity index (χ1n) is 6.35. The fraction of sp³-hybridized carbons (Fsp3) is 0.214. The summed E-state index contributed by atoms with van der Waals surface area (Å²) in [6.45, 7) is 0. The van der Waals surface area contributed by atoms with E-state index in [2.05, 4.69) is 9.97 Å². The summed E-state index contributed by atoms with van der Waals surface area (Å²) in [5, 5.41) is 8.90. The van der Waals surface area contributed by atoms with Crippen LogP contribution in [-0.4, -0.2) is 9.97 Å². The molecule has 0 radical (unpaired) electrons. The summed E-state index contributed by atoms with van der Waals surface area (Å²) < 4.78 is 6.36. The number of ether oxygens (including phenoxy) is 1. The highest BCUT2D eigenvalue weighted by Gasteiger charge is 2.26. The Morgan fingerprint density at radius 1 is 1.43 bits per heavy atom. The van der Waals surface area contributed by atoms with Crippen LogP contribution in [-0.2, 0) is 0 Å². The largest absolute Gasteiger partial charge is 0.435 e. The van der Waals surface area contributed by atoms with Crippen LogP contribution in [0.4, 0.5) is 5.69 Å². The highest BCUT2D eigenvalue weighted by atomic mass is 127. The van der Waals surface area contributed by atoms with E-state index >= 15 is 0 Å². The molecule has 2 aromatic rings. The lowest BCUT2D eigenvalue weighted by molar-refractivity contribution is 0.456. The molecule has 0 spiro atoms. The van der Waals surface area contributed by atoms with E-state index in [1.807, 2.05) is 28.7 Å². The number of nitriles is 1. The van der Waals surface area contributed by atoms with Gasteiger partial charge in [-0.15, -0.1) is 0 Å². The van der Waals surface area contributed by atoms with Gasteiger partial charge in [-0.2, -0.15) is 10.2 Å². The van der Waals surface area contributed by atoms with Crippen molar-refractivity contribution in [2.45, 2.75) is 18.8 Å². The molecule has 1 aliphatic rings. The molecular weight excluding hydrogens is 383 g/mol. The monoisotopic (exact) mass is 394 g/mol. The highest BCUT2D eigenvalue weighted by Crippen LogP contribution is 2.38. The Labute approximate surface area is 134 Å². The molecule has 0 aliphatic heterocycles. The molecule has 0 saturated heterocycles. The minimum Gasteiger partial charge on any atom is -0.435 e. The molecule has 1 aliphatic carbocycles. The number of nitrogens with zero attached hydrogens (tertiary/aromatic N) is 2. The van der Waals surface area contributed by atoms with E-state index in [9.17, 15) is 4.79 Å². The van der Waals surface area contributed by atoms with E-state index in [1.165, 1.54) is 12.1 Å². The number of aromatic amines is 1. The van der Waals surface area contributed by atoms with E-state index < -0.39 is 0 Å². The molecule has 6 nitrogen and oxygen atoms in total. The fourth-order valence-corrected chi connectivity index (χ4v) is 2.70. The molecule has 106 valence electrons. The van der Waals surface area contributed by atoms with Crippen LogP contribution in [0.2, 0.25) is 0 Å². The molecule has 0 bridgehead atoms. The predicted octanol–water partition coefficient (Wildman–Crippen LogP) is 2.50. The van der Waals surface area contributed by atoms with Crippen LogP contribution in [0.1, 0.15) is 30.1 Å². The quantitative estimate of drug-likeness (QED) is 0.615. The Balaban J connectivity index is 1.97. The lowest BCUT2D eigenvalue weighted by atomic mass is 10.2. The molecule has 1 saturated carbocycles. The zero-order valence-corrected chi connectivity index (χ0v) is 13.0. The van der Waals surface area contributed by atoms with Crippen molar-refractivity contribution in [2.75, 3.05) is 5.73 Å². The van der Waals surface area contributed by atoms with E-state index in [0.29, 0.717) is 32.3 Å². The zero-order valence-electron chi connectivity index (χ0n) is 10.9. The van der Waals surface area contributed by atoms with Crippen LogP contribution in [0, 0.1) is 14.9 Å². The maximum Gasteiger partial charge on any atom is 0.254 e. The maximum absolute atomic E-state index is 11.7. The Morgan fingerprint density at radius 2 is 2.19 bits per heavy atom. The second kappa shape index (κ2) is 5.37. The number of benzene rings is 1. The number of nitrogens with one attached hydrogen (secondary N) is 1. The number of nitrogen functional groups attached to an aromatic ring is 1. The molecule has 3 rings (SSSR count). The summed E-state index contributed by atoms with van der Waals surface area (Å²) in [6.07, 6.45) is 2.06. The van der Waals surface area contributed by atoms with Gasteiger partial charge in [0, 0.05) is 5.92 Å². The smallest absolute Gasteiger partial charge is 0.254 e. The molecule has 0 amide bonds. The first-order valence-corrected chi connectivity index (χ1v) is 7.43. The van der Waals surface area contributed by atoms with Gasteiger partial charge in [-0.1, -0.05) is 0 Å². The van der Waals surface area contributed by atoms with Crippen LogP contribution in [0.25, 0.3) is 0 Å². The average Bonchev–Trinajstić information content (AvgIpc) is 3.26. The number of hydrogen-bond donors (Lipinski definition) is 2. The second-order valence-corrected chi connectivity index (χ2v) is 6.00. The van der Waals surface area contributed by atoms with Crippen molar-refractivity contribution in [1.82, 2.24) is 9.97 Å².